The van der Waals surface area contributed by atoms with Gasteiger partial charge in [-0.15, -0.1) is 0 Å². The zero-order valence-corrected chi connectivity index (χ0v) is 16.7. The molecule has 2 amide bonds. The summed E-state index contributed by atoms with van der Waals surface area (Å²) >= 11 is 0. The number of rotatable bonds is 7. The Kier molecular flexibility index (Phi) is 6.99. The van der Waals surface area contributed by atoms with Crippen LogP contribution in [0.4, 0.5) is 0 Å². The highest BCUT2D eigenvalue weighted by Gasteiger charge is 2.27. The second kappa shape index (κ2) is 9.21. The summed E-state index contributed by atoms with van der Waals surface area (Å²) in [6.45, 7) is 6.39. The lowest BCUT2D eigenvalue weighted by Gasteiger charge is -2.27. The number of nitrogens with one attached hydrogen (secondary N) is 1. The van der Waals surface area contributed by atoms with Crippen molar-refractivity contribution in [3.05, 3.63) is 65.2 Å². The summed E-state index contributed by atoms with van der Waals surface area (Å²) in [6.07, 6.45) is 0. The molecule has 0 saturated heterocycles. The van der Waals surface area contributed by atoms with Crippen molar-refractivity contribution in [1.29, 1.82) is 0 Å². The predicted molar refractivity (Wildman–Crippen MR) is 107 cm³/mol. The van der Waals surface area contributed by atoms with Gasteiger partial charge in [-0.05, 0) is 48.2 Å². The van der Waals surface area contributed by atoms with Gasteiger partial charge < -0.3 is 15.0 Å². The molecule has 0 aromatic heterocycles. The van der Waals surface area contributed by atoms with Gasteiger partial charge in [-0.1, -0.05) is 38.1 Å². The van der Waals surface area contributed by atoms with Crippen LogP contribution in [0, 0.1) is 12.8 Å². The van der Waals surface area contributed by atoms with Crippen LogP contribution in [0.15, 0.2) is 48.5 Å². The van der Waals surface area contributed by atoms with E-state index in [1.165, 1.54) is 0 Å². The lowest BCUT2D eigenvalue weighted by Crippen LogP contribution is -2.50. The van der Waals surface area contributed by atoms with E-state index >= 15 is 0 Å². The van der Waals surface area contributed by atoms with Crippen LogP contribution in [0.1, 0.15) is 35.3 Å². The maximum absolute atomic E-state index is 13.0. The quantitative estimate of drug-likeness (QED) is 0.815. The van der Waals surface area contributed by atoms with Gasteiger partial charge in [0.15, 0.2) is 0 Å². The SMILES string of the molecule is COc1ccc(C(=O)NC(C(=O)N(C)Cc2ccccc2C)C(C)C)cc1. The number of methoxy groups -OCH3 is 1. The molecule has 1 unspecified atom stereocenters. The van der Waals surface area contributed by atoms with Gasteiger partial charge >= 0.3 is 0 Å². The van der Waals surface area contributed by atoms with E-state index in [-0.39, 0.29) is 17.7 Å². The lowest BCUT2D eigenvalue weighted by atomic mass is 10.0. The number of carbonyl (C=O) groups is 2. The summed E-state index contributed by atoms with van der Waals surface area (Å²) in [4.78, 5) is 27.2. The van der Waals surface area contributed by atoms with E-state index in [0.717, 1.165) is 11.1 Å². The van der Waals surface area contributed by atoms with E-state index in [9.17, 15) is 9.59 Å². The molecule has 0 saturated carbocycles. The molecule has 5 nitrogen and oxygen atoms in total. The number of amides is 2. The topological polar surface area (TPSA) is 58.6 Å². The van der Waals surface area contributed by atoms with E-state index in [1.807, 2.05) is 45.0 Å². The van der Waals surface area contributed by atoms with Crippen LogP contribution < -0.4 is 10.1 Å². The Balaban J connectivity index is 2.09. The fourth-order valence-corrected chi connectivity index (χ4v) is 2.84. The summed E-state index contributed by atoms with van der Waals surface area (Å²) < 4.78 is 5.11. The maximum atomic E-state index is 13.0. The van der Waals surface area contributed by atoms with Gasteiger partial charge in [0.1, 0.15) is 11.8 Å². The summed E-state index contributed by atoms with van der Waals surface area (Å²) in [5.41, 5.74) is 2.73. The Morgan fingerprint density at radius 2 is 1.70 bits per heavy atom. The molecule has 0 bridgehead atoms. The average molecular weight is 368 g/mol. The average Bonchev–Trinajstić information content (AvgIpc) is 2.67. The third-order valence-electron chi connectivity index (χ3n) is 4.62. The smallest absolute Gasteiger partial charge is 0.251 e. The van der Waals surface area contributed by atoms with E-state index in [1.54, 1.807) is 43.3 Å². The number of nitrogens with zero attached hydrogens (tertiary/aromatic N) is 1. The lowest BCUT2D eigenvalue weighted by molar-refractivity contribution is -0.133. The first kappa shape index (κ1) is 20.5. The van der Waals surface area contributed by atoms with Gasteiger partial charge in [0.25, 0.3) is 5.91 Å². The minimum Gasteiger partial charge on any atom is -0.497 e. The first-order valence-corrected chi connectivity index (χ1v) is 9.08. The predicted octanol–water partition coefficient (Wildman–Crippen LogP) is 3.42. The van der Waals surface area contributed by atoms with Gasteiger partial charge in [-0.25, -0.2) is 0 Å². The van der Waals surface area contributed by atoms with E-state index in [0.29, 0.717) is 17.9 Å². The Labute approximate surface area is 161 Å². The van der Waals surface area contributed by atoms with Crippen molar-refractivity contribution < 1.29 is 14.3 Å². The van der Waals surface area contributed by atoms with Crippen LogP contribution in [-0.2, 0) is 11.3 Å². The molecule has 0 aliphatic heterocycles. The van der Waals surface area contributed by atoms with Gasteiger partial charge in [0.05, 0.1) is 7.11 Å². The van der Waals surface area contributed by atoms with Crippen LogP contribution in [0.3, 0.4) is 0 Å². The molecule has 5 heteroatoms. The summed E-state index contributed by atoms with van der Waals surface area (Å²) in [7, 11) is 3.34. The molecule has 0 heterocycles. The highest BCUT2D eigenvalue weighted by molar-refractivity contribution is 5.97. The second-order valence-corrected chi connectivity index (χ2v) is 7.04. The van der Waals surface area contributed by atoms with Gasteiger partial charge in [-0.2, -0.15) is 0 Å². The summed E-state index contributed by atoms with van der Waals surface area (Å²) in [6, 6.07) is 14.2. The maximum Gasteiger partial charge on any atom is 0.251 e. The van der Waals surface area contributed by atoms with Crippen molar-refractivity contribution in [3.8, 4) is 5.75 Å². The molecule has 1 atom stereocenters. The van der Waals surface area contributed by atoms with Crippen molar-refractivity contribution in [3.63, 3.8) is 0 Å². The molecule has 2 aromatic rings. The molecule has 0 aliphatic rings. The van der Waals surface area contributed by atoms with Crippen LogP contribution >= 0.6 is 0 Å². The molecule has 144 valence electrons. The van der Waals surface area contributed by atoms with Crippen molar-refractivity contribution in [1.82, 2.24) is 10.2 Å². The van der Waals surface area contributed by atoms with Crippen LogP contribution in [-0.4, -0.2) is 36.9 Å². The van der Waals surface area contributed by atoms with Crippen molar-refractivity contribution >= 4 is 11.8 Å². The standard InChI is InChI=1S/C22H28N2O3/c1-15(2)20(23-21(25)17-10-12-19(27-5)13-11-17)22(26)24(4)14-18-9-7-6-8-16(18)3/h6-13,15,20H,14H2,1-5H3,(H,23,25). The summed E-state index contributed by atoms with van der Waals surface area (Å²) in [5, 5.41) is 2.88. The highest BCUT2D eigenvalue weighted by atomic mass is 16.5. The minimum absolute atomic E-state index is 0.0287. The number of aryl methyl sites for hydroxylation is 1. The highest BCUT2D eigenvalue weighted by Crippen LogP contribution is 2.14. The zero-order chi connectivity index (χ0) is 20.0. The molecule has 2 aromatic carbocycles. The second-order valence-electron chi connectivity index (χ2n) is 7.04. The molecule has 0 aliphatic carbocycles. The molecule has 0 radical (unpaired) electrons. The fraction of sp³-hybridized carbons (Fsp3) is 0.364. The molecular weight excluding hydrogens is 340 g/mol. The largest absolute Gasteiger partial charge is 0.497 e. The Morgan fingerprint density at radius 3 is 2.26 bits per heavy atom. The van der Waals surface area contributed by atoms with Crippen molar-refractivity contribution in [2.75, 3.05) is 14.2 Å². The molecule has 27 heavy (non-hydrogen) atoms. The number of likely N-dealkylation sites (N-methyl/N-ethyl adjacent to an activating group) is 1. The van der Waals surface area contributed by atoms with Crippen molar-refractivity contribution in [2.24, 2.45) is 5.92 Å². The third kappa shape index (κ3) is 5.33. The van der Waals surface area contributed by atoms with E-state index in [4.69, 9.17) is 4.74 Å². The molecule has 1 N–H and O–H groups in total. The first-order chi connectivity index (χ1) is 12.8. The zero-order valence-electron chi connectivity index (χ0n) is 16.7. The van der Waals surface area contributed by atoms with E-state index in [2.05, 4.69) is 5.32 Å². The van der Waals surface area contributed by atoms with Crippen LogP contribution in [0.25, 0.3) is 0 Å². The van der Waals surface area contributed by atoms with E-state index < -0.39 is 6.04 Å². The number of benzene rings is 2. The normalized spacial score (nSPS) is 11.8. The third-order valence-corrected chi connectivity index (χ3v) is 4.62. The number of ether oxygens (including phenoxy) is 1. The number of hydrogen-bond donors (Lipinski definition) is 1. The monoisotopic (exact) mass is 368 g/mol. The minimum atomic E-state index is -0.589. The Hall–Kier alpha value is -2.82. The Bertz CT molecular complexity index is 784. The Morgan fingerprint density at radius 1 is 1.07 bits per heavy atom. The first-order valence-electron chi connectivity index (χ1n) is 9.08. The van der Waals surface area contributed by atoms with Crippen molar-refractivity contribution in [2.45, 2.75) is 33.4 Å². The van der Waals surface area contributed by atoms with Gasteiger partial charge in [0.2, 0.25) is 5.91 Å². The van der Waals surface area contributed by atoms with Gasteiger partial charge in [-0.3, -0.25) is 9.59 Å². The molecular formula is C22H28N2O3. The summed E-state index contributed by atoms with van der Waals surface area (Å²) in [5.74, 6) is 0.282. The molecule has 2 rings (SSSR count). The van der Waals surface area contributed by atoms with Crippen LogP contribution in [0.2, 0.25) is 0 Å². The molecule has 0 fully saturated rings. The number of hydrogen-bond acceptors (Lipinski definition) is 3. The van der Waals surface area contributed by atoms with Crippen LogP contribution in [0.5, 0.6) is 5.75 Å². The number of carbonyl (C=O) groups excluding carboxylic acids is 2. The van der Waals surface area contributed by atoms with Gasteiger partial charge in [0, 0.05) is 19.2 Å². The fourth-order valence-electron chi connectivity index (χ4n) is 2.84. The molecule has 0 spiro atoms.